The molecular formula is C5H12N2O. The van der Waals surface area contributed by atoms with Crippen LogP contribution in [-0.2, 0) is 0 Å². The van der Waals surface area contributed by atoms with Crippen LogP contribution in [-0.4, -0.2) is 17.3 Å². The first-order valence-electron chi connectivity index (χ1n) is 2.98. The fourth-order valence-corrected chi connectivity index (χ4v) is 1.13. The highest BCUT2D eigenvalue weighted by Crippen LogP contribution is 2.15. The van der Waals surface area contributed by atoms with E-state index < -0.39 is 0 Å². The highest BCUT2D eigenvalue weighted by molar-refractivity contribution is 4.79. The molecule has 2 unspecified atom stereocenters. The highest BCUT2D eigenvalue weighted by atomic mass is 16.5. The quantitative estimate of drug-likeness (QED) is 0.417. The Morgan fingerprint density at radius 1 is 1.50 bits per heavy atom. The molecule has 3 nitrogen and oxygen atoms in total. The van der Waals surface area contributed by atoms with Gasteiger partial charge in [-0.25, -0.2) is 5.48 Å². The SMILES string of the molecule is NC1CCC(NO)C1. The standard InChI is InChI=1S/C5H12N2O/c6-4-1-2-5(3-4)7-8/h4-5,7-8H,1-3,6H2. The first-order chi connectivity index (χ1) is 3.83. The fourth-order valence-electron chi connectivity index (χ4n) is 1.13. The summed E-state index contributed by atoms with van der Waals surface area (Å²) >= 11 is 0. The Balaban J connectivity index is 2.22. The van der Waals surface area contributed by atoms with Crippen molar-refractivity contribution in [2.75, 3.05) is 0 Å². The highest BCUT2D eigenvalue weighted by Gasteiger charge is 2.20. The van der Waals surface area contributed by atoms with E-state index in [2.05, 4.69) is 5.48 Å². The summed E-state index contributed by atoms with van der Waals surface area (Å²) in [6.07, 6.45) is 2.96. The molecule has 1 rings (SSSR count). The summed E-state index contributed by atoms with van der Waals surface area (Å²) in [4.78, 5) is 0. The maximum absolute atomic E-state index is 8.38. The van der Waals surface area contributed by atoms with Crippen LogP contribution in [0.5, 0.6) is 0 Å². The van der Waals surface area contributed by atoms with E-state index in [-0.39, 0.29) is 6.04 Å². The number of hydroxylamine groups is 1. The van der Waals surface area contributed by atoms with Gasteiger partial charge in [0, 0.05) is 12.1 Å². The van der Waals surface area contributed by atoms with Crippen LogP contribution in [0.25, 0.3) is 0 Å². The third-order valence-corrected chi connectivity index (χ3v) is 1.66. The van der Waals surface area contributed by atoms with Crippen LogP contribution in [0.3, 0.4) is 0 Å². The monoisotopic (exact) mass is 116 g/mol. The first kappa shape index (κ1) is 6.01. The van der Waals surface area contributed by atoms with Crippen molar-refractivity contribution in [3.8, 4) is 0 Å². The van der Waals surface area contributed by atoms with Gasteiger partial charge >= 0.3 is 0 Å². The molecule has 8 heavy (non-hydrogen) atoms. The number of hydrogen-bond acceptors (Lipinski definition) is 3. The van der Waals surface area contributed by atoms with E-state index in [1.54, 1.807) is 0 Å². The molecule has 2 atom stereocenters. The zero-order valence-corrected chi connectivity index (χ0v) is 4.80. The molecular weight excluding hydrogens is 104 g/mol. The van der Waals surface area contributed by atoms with Crippen LogP contribution in [0.1, 0.15) is 19.3 Å². The van der Waals surface area contributed by atoms with Crippen molar-refractivity contribution < 1.29 is 5.21 Å². The minimum Gasteiger partial charge on any atom is -0.328 e. The fraction of sp³-hybridized carbons (Fsp3) is 1.00. The van der Waals surface area contributed by atoms with Crippen LogP contribution in [0.4, 0.5) is 0 Å². The van der Waals surface area contributed by atoms with E-state index in [0.29, 0.717) is 6.04 Å². The normalized spacial score (nSPS) is 38.2. The first-order valence-corrected chi connectivity index (χ1v) is 2.98. The number of nitrogens with one attached hydrogen (secondary N) is 1. The summed E-state index contributed by atoms with van der Waals surface area (Å²) in [5.74, 6) is 0. The molecule has 0 aromatic heterocycles. The maximum atomic E-state index is 8.38. The van der Waals surface area contributed by atoms with Gasteiger partial charge in [-0.15, -0.1) is 0 Å². The average molecular weight is 116 g/mol. The third kappa shape index (κ3) is 1.18. The lowest BCUT2D eigenvalue weighted by Crippen LogP contribution is -2.25. The second kappa shape index (κ2) is 2.44. The Hall–Kier alpha value is -0.120. The Labute approximate surface area is 48.8 Å². The Bertz CT molecular complexity index is 76.8. The van der Waals surface area contributed by atoms with E-state index in [1.807, 2.05) is 0 Å². The van der Waals surface area contributed by atoms with Gasteiger partial charge in [-0.2, -0.15) is 0 Å². The average Bonchev–Trinajstić information content (AvgIpc) is 2.14. The van der Waals surface area contributed by atoms with Gasteiger partial charge in [-0.05, 0) is 19.3 Å². The van der Waals surface area contributed by atoms with Crippen molar-refractivity contribution in [1.82, 2.24) is 5.48 Å². The van der Waals surface area contributed by atoms with E-state index in [9.17, 15) is 0 Å². The van der Waals surface area contributed by atoms with Crippen LogP contribution >= 0.6 is 0 Å². The summed E-state index contributed by atoms with van der Waals surface area (Å²) in [6, 6.07) is 0.560. The molecule has 0 aromatic carbocycles. The Kier molecular flexibility index (Phi) is 1.83. The molecule has 1 aliphatic rings. The lowest BCUT2D eigenvalue weighted by atomic mass is 10.2. The Morgan fingerprint density at radius 3 is 2.50 bits per heavy atom. The molecule has 0 aromatic rings. The molecule has 1 saturated carbocycles. The van der Waals surface area contributed by atoms with E-state index in [4.69, 9.17) is 10.9 Å². The topological polar surface area (TPSA) is 58.3 Å². The van der Waals surface area contributed by atoms with Crippen molar-refractivity contribution in [1.29, 1.82) is 0 Å². The van der Waals surface area contributed by atoms with Crippen molar-refractivity contribution in [3.63, 3.8) is 0 Å². The van der Waals surface area contributed by atoms with Gasteiger partial charge < -0.3 is 10.9 Å². The third-order valence-electron chi connectivity index (χ3n) is 1.66. The minimum atomic E-state index is 0.255. The molecule has 3 heteroatoms. The molecule has 0 heterocycles. The van der Waals surface area contributed by atoms with Gasteiger partial charge in [0.05, 0.1) is 0 Å². The van der Waals surface area contributed by atoms with Gasteiger partial charge in [0.15, 0.2) is 0 Å². The van der Waals surface area contributed by atoms with Crippen LogP contribution in [0, 0.1) is 0 Å². The molecule has 0 amide bonds. The molecule has 0 radical (unpaired) electrons. The molecule has 1 aliphatic carbocycles. The molecule has 4 N–H and O–H groups in total. The van der Waals surface area contributed by atoms with Gasteiger partial charge in [0.1, 0.15) is 0 Å². The Morgan fingerprint density at radius 2 is 2.25 bits per heavy atom. The number of nitrogens with two attached hydrogens (primary N) is 1. The zero-order valence-electron chi connectivity index (χ0n) is 4.80. The van der Waals surface area contributed by atoms with E-state index in [1.165, 1.54) is 0 Å². The van der Waals surface area contributed by atoms with Gasteiger partial charge in [0.25, 0.3) is 0 Å². The number of rotatable bonds is 1. The lowest BCUT2D eigenvalue weighted by Gasteiger charge is -2.03. The summed E-state index contributed by atoms with van der Waals surface area (Å²) in [6.45, 7) is 0. The predicted octanol–water partition coefficient (Wildman–Crippen LogP) is -0.155. The maximum Gasteiger partial charge on any atom is 0.0335 e. The summed E-state index contributed by atoms with van der Waals surface area (Å²) in [5.41, 5.74) is 7.76. The van der Waals surface area contributed by atoms with Gasteiger partial charge in [-0.1, -0.05) is 0 Å². The van der Waals surface area contributed by atoms with Crippen LogP contribution < -0.4 is 11.2 Å². The van der Waals surface area contributed by atoms with E-state index >= 15 is 0 Å². The second-order valence-electron chi connectivity index (χ2n) is 2.40. The second-order valence-corrected chi connectivity index (χ2v) is 2.40. The minimum absolute atomic E-state index is 0.255. The summed E-state index contributed by atoms with van der Waals surface area (Å²) in [5, 5.41) is 8.38. The van der Waals surface area contributed by atoms with Crippen LogP contribution in [0.15, 0.2) is 0 Å². The summed E-state index contributed by atoms with van der Waals surface area (Å²) < 4.78 is 0. The zero-order chi connectivity index (χ0) is 5.98. The van der Waals surface area contributed by atoms with Gasteiger partial charge in [0.2, 0.25) is 0 Å². The molecule has 0 saturated heterocycles. The predicted molar refractivity (Wildman–Crippen MR) is 30.5 cm³/mol. The van der Waals surface area contributed by atoms with E-state index in [0.717, 1.165) is 19.3 Å². The van der Waals surface area contributed by atoms with Crippen molar-refractivity contribution in [2.24, 2.45) is 5.73 Å². The van der Waals surface area contributed by atoms with Crippen molar-refractivity contribution in [2.45, 2.75) is 31.3 Å². The number of hydrogen-bond donors (Lipinski definition) is 3. The van der Waals surface area contributed by atoms with Gasteiger partial charge in [-0.3, -0.25) is 0 Å². The molecule has 0 aliphatic heterocycles. The lowest BCUT2D eigenvalue weighted by molar-refractivity contribution is 0.127. The molecule has 0 spiro atoms. The summed E-state index contributed by atoms with van der Waals surface area (Å²) in [7, 11) is 0. The largest absolute Gasteiger partial charge is 0.328 e. The van der Waals surface area contributed by atoms with Crippen molar-refractivity contribution >= 4 is 0 Å². The molecule has 1 fully saturated rings. The smallest absolute Gasteiger partial charge is 0.0335 e. The molecule has 48 valence electrons. The van der Waals surface area contributed by atoms with Crippen molar-refractivity contribution in [3.05, 3.63) is 0 Å². The van der Waals surface area contributed by atoms with Crippen LogP contribution in [0.2, 0.25) is 0 Å². The molecule has 0 bridgehead atoms.